The monoisotopic (exact) mass is 356 g/mol. The molecule has 0 aliphatic carbocycles. The molecule has 3 aromatic rings. The topological polar surface area (TPSA) is 89.2 Å². The molecule has 0 atom stereocenters. The molecular weight excluding hydrogens is 340 g/mol. The third-order valence-corrected chi connectivity index (χ3v) is 5.90. The van der Waals surface area contributed by atoms with E-state index in [0.717, 1.165) is 5.56 Å². The van der Waals surface area contributed by atoms with Gasteiger partial charge in [-0.3, -0.25) is 4.98 Å². The minimum atomic E-state index is -3.33. The van der Waals surface area contributed by atoms with Gasteiger partial charge >= 0.3 is 0 Å². The zero-order valence-electron chi connectivity index (χ0n) is 13.3. The molecule has 1 saturated heterocycles. The number of aromatic nitrogens is 3. The number of nitrogens with zero attached hydrogens (tertiary/aromatic N) is 4. The highest BCUT2D eigenvalue weighted by Crippen LogP contribution is 2.30. The highest BCUT2D eigenvalue weighted by molar-refractivity contribution is 7.88. The van der Waals surface area contributed by atoms with E-state index in [1.165, 1.54) is 4.31 Å². The summed E-state index contributed by atoms with van der Waals surface area (Å²) in [5.41, 5.74) is 1.41. The van der Waals surface area contributed by atoms with Gasteiger partial charge < -0.3 is 4.52 Å². The molecule has 4 rings (SSSR count). The van der Waals surface area contributed by atoms with E-state index in [-0.39, 0.29) is 11.7 Å². The lowest BCUT2D eigenvalue weighted by Crippen LogP contribution is -2.48. The first-order valence-corrected chi connectivity index (χ1v) is 9.49. The number of pyridine rings is 1. The molecular formula is C17H16N4O3S. The maximum absolute atomic E-state index is 12.4. The molecule has 0 saturated carbocycles. The van der Waals surface area contributed by atoms with Crippen molar-refractivity contribution >= 4 is 10.0 Å². The third-order valence-electron chi connectivity index (χ3n) is 4.12. The molecule has 1 fully saturated rings. The molecule has 0 radical (unpaired) electrons. The largest absolute Gasteiger partial charge is 0.339 e. The summed E-state index contributed by atoms with van der Waals surface area (Å²) in [7, 11) is -3.33. The van der Waals surface area contributed by atoms with Crippen LogP contribution in [0.25, 0.3) is 11.5 Å². The molecule has 8 heteroatoms. The molecule has 0 N–H and O–H groups in total. The first-order valence-electron chi connectivity index (χ1n) is 7.88. The van der Waals surface area contributed by atoms with Gasteiger partial charge in [0.05, 0.1) is 11.7 Å². The Balaban J connectivity index is 1.41. The molecule has 1 aromatic carbocycles. The summed E-state index contributed by atoms with van der Waals surface area (Å²) in [6.45, 7) is 0.720. The molecule has 7 nitrogen and oxygen atoms in total. The summed E-state index contributed by atoms with van der Waals surface area (Å²) >= 11 is 0. The molecule has 0 spiro atoms. The smallest absolute Gasteiger partial charge is 0.232 e. The van der Waals surface area contributed by atoms with Gasteiger partial charge in [0.1, 0.15) is 5.69 Å². The van der Waals surface area contributed by atoms with E-state index >= 15 is 0 Å². The maximum Gasteiger partial charge on any atom is 0.232 e. The van der Waals surface area contributed by atoms with Crippen molar-refractivity contribution in [3.63, 3.8) is 0 Å². The van der Waals surface area contributed by atoms with Crippen molar-refractivity contribution < 1.29 is 12.9 Å². The first-order chi connectivity index (χ1) is 12.1. The summed E-state index contributed by atoms with van der Waals surface area (Å²) in [4.78, 5) is 8.52. The molecule has 128 valence electrons. The van der Waals surface area contributed by atoms with E-state index in [1.807, 2.05) is 42.5 Å². The number of rotatable bonds is 5. The standard InChI is InChI=1S/C17H16N4O3S/c22-25(23,12-13-6-2-1-3-7-13)21-10-14(11-21)17-19-16(20-24-17)15-8-4-5-9-18-15/h1-9,14H,10-12H2. The normalized spacial score (nSPS) is 15.8. The fourth-order valence-electron chi connectivity index (χ4n) is 2.70. The predicted molar refractivity (Wildman–Crippen MR) is 90.9 cm³/mol. The molecule has 1 aliphatic heterocycles. The van der Waals surface area contributed by atoms with Crippen LogP contribution in [0.4, 0.5) is 0 Å². The van der Waals surface area contributed by atoms with Gasteiger partial charge in [0.2, 0.25) is 21.7 Å². The van der Waals surface area contributed by atoms with Crippen LogP contribution in [0.3, 0.4) is 0 Å². The van der Waals surface area contributed by atoms with Crippen molar-refractivity contribution in [2.45, 2.75) is 11.7 Å². The zero-order chi connectivity index (χ0) is 17.3. The zero-order valence-corrected chi connectivity index (χ0v) is 14.1. The van der Waals surface area contributed by atoms with Crippen molar-refractivity contribution in [3.8, 4) is 11.5 Å². The molecule has 0 unspecified atom stereocenters. The van der Waals surface area contributed by atoms with Crippen LogP contribution in [0.15, 0.2) is 59.3 Å². The van der Waals surface area contributed by atoms with Crippen molar-refractivity contribution in [1.29, 1.82) is 0 Å². The summed E-state index contributed by atoms with van der Waals surface area (Å²) in [5.74, 6) is 0.798. The Morgan fingerprint density at radius 1 is 1.08 bits per heavy atom. The first kappa shape index (κ1) is 15.9. The van der Waals surface area contributed by atoms with E-state index < -0.39 is 10.0 Å². The lowest BCUT2D eigenvalue weighted by atomic mass is 10.0. The van der Waals surface area contributed by atoms with Crippen LogP contribution >= 0.6 is 0 Å². The quantitative estimate of drug-likeness (QED) is 0.695. The average molecular weight is 356 g/mol. The Bertz CT molecular complexity index is 952. The highest BCUT2D eigenvalue weighted by atomic mass is 32.2. The Labute approximate surface area is 145 Å². The van der Waals surface area contributed by atoms with Crippen LogP contribution in [0.1, 0.15) is 17.4 Å². The van der Waals surface area contributed by atoms with E-state index in [9.17, 15) is 8.42 Å². The number of hydrogen-bond donors (Lipinski definition) is 0. The minimum absolute atomic E-state index is 0.00355. The lowest BCUT2D eigenvalue weighted by Gasteiger charge is -2.35. The van der Waals surface area contributed by atoms with Gasteiger partial charge in [-0.25, -0.2) is 8.42 Å². The van der Waals surface area contributed by atoms with Crippen LogP contribution in [0, 0.1) is 0 Å². The van der Waals surface area contributed by atoms with Crippen molar-refractivity contribution in [2.75, 3.05) is 13.1 Å². The van der Waals surface area contributed by atoms with Gasteiger partial charge in [0.25, 0.3) is 0 Å². The minimum Gasteiger partial charge on any atom is -0.339 e. The van der Waals surface area contributed by atoms with Crippen molar-refractivity contribution in [3.05, 3.63) is 66.2 Å². The van der Waals surface area contributed by atoms with Gasteiger partial charge in [-0.05, 0) is 17.7 Å². The number of benzene rings is 1. The van der Waals surface area contributed by atoms with E-state index in [2.05, 4.69) is 15.1 Å². The van der Waals surface area contributed by atoms with Gasteiger partial charge in [0.15, 0.2) is 0 Å². The van der Waals surface area contributed by atoms with Crippen LogP contribution in [-0.2, 0) is 15.8 Å². The van der Waals surface area contributed by atoms with E-state index in [1.54, 1.807) is 12.3 Å². The predicted octanol–water partition coefficient (Wildman–Crippen LogP) is 2.06. The molecule has 0 bridgehead atoms. The second-order valence-corrected chi connectivity index (χ2v) is 7.90. The Kier molecular flexibility index (Phi) is 4.06. The molecule has 0 amide bonds. The van der Waals surface area contributed by atoms with Crippen molar-refractivity contribution in [1.82, 2.24) is 19.4 Å². The SMILES string of the molecule is O=S(=O)(Cc1ccccc1)N1CC(c2nc(-c3ccccn3)no2)C1. The van der Waals surface area contributed by atoms with Gasteiger partial charge in [0, 0.05) is 19.3 Å². The number of sulfonamides is 1. The summed E-state index contributed by atoms with van der Waals surface area (Å²) in [6.07, 6.45) is 1.66. The van der Waals surface area contributed by atoms with Crippen LogP contribution in [-0.4, -0.2) is 40.9 Å². The Morgan fingerprint density at radius 2 is 1.84 bits per heavy atom. The molecule has 3 heterocycles. The van der Waals surface area contributed by atoms with Gasteiger partial charge in [-0.15, -0.1) is 0 Å². The summed E-state index contributed by atoms with van der Waals surface area (Å²) in [6, 6.07) is 14.6. The Morgan fingerprint density at radius 3 is 2.56 bits per heavy atom. The lowest BCUT2D eigenvalue weighted by molar-refractivity contribution is 0.216. The van der Waals surface area contributed by atoms with E-state index in [4.69, 9.17) is 4.52 Å². The second-order valence-electron chi connectivity index (χ2n) is 5.93. The fraction of sp³-hybridized carbons (Fsp3) is 0.235. The second kappa shape index (κ2) is 6.38. The summed E-state index contributed by atoms with van der Waals surface area (Å²) in [5, 5.41) is 3.93. The summed E-state index contributed by atoms with van der Waals surface area (Å²) < 4.78 is 31.6. The van der Waals surface area contributed by atoms with E-state index in [0.29, 0.717) is 30.5 Å². The maximum atomic E-state index is 12.4. The van der Waals surface area contributed by atoms with Crippen LogP contribution in [0.2, 0.25) is 0 Å². The van der Waals surface area contributed by atoms with Crippen LogP contribution < -0.4 is 0 Å². The van der Waals surface area contributed by atoms with Crippen molar-refractivity contribution in [2.24, 2.45) is 0 Å². The third kappa shape index (κ3) is 3.31. The average Bonchev–Trinajstić information content (AvgIpc) is 3.04. The fourth-order valence-corrected chi connectivity index (χ4v) is 4.31. The van der Waals surface area contributed by atoms with Crippen LogP contribution in [0.5, 0.6) is 0 Å². The highest BCUT2D eigenvalue weighted by Gasteiger charge is 2.39. The number of hydrogen-bond acceptors (Lipinski definition) is 6. The molecule has 2 aromatic heterocycles. The van der Waals surface area contributed by atoms with Gasteiger partial charge in [-0.1, -0.05) is 41.6 Å². The molecule has 25 heavy (non-hydrogen) atoms. The Hall–Kier alpha value is -2.58. The molecule has 1 aliphatic rings. The van der Waals surface area contributed by atoms with Gasteiger partial charge in [-0.2, -0.15) is 9.29 Å².